The molecule has 8 nitrogen and oxygen atoms in total. The third-order valence-corrected chi connectivity index (χ3v) is 8.46. The standard InChI is InChI=1S/C30H25Cl3N4O4S/c1-19-9-11-28(12-10-19)42(40,41)37(27-16-24(32)15-25(33)17-27)18-29(38)36-35-20(2)21-5-4-8-26(14-21)34-30(39)22-6-3-7-23(31)13-22/h3-17H,18H2,1-2H3,(H,34,39)(H,36,38)/b35-20-. The van der Waals surface area contributed by atoms with Crippen molar-refractivity contribution in [2.75, 3.05) is 16.2 Å². The number of carbonyl (C=O) groups excluding carboxylic acids is 2. The lowest BCUT2D eigenvalue weighted by Gasteiger charge is -2.24. The Labute approximate surface area is 259 Å². The van der Waals surface area contributed by atoms with Gasteiger partial charge in [0.05, 0.1) is 16.3 Å². The molecule has 12 heteroatoms. The quantitative estimate of drug-likeness (QED) is 0.152. The lowest BCUT2D eigenvalue weighted by molar-refractivity contribution is -0.119. The van der Waals surface area contributed by atoms with Gasteiger partial charge in [-0.3, -0.25) is 13.9 Å². The van der Waals surface area contributed by atoms with Crippen LogP contribution in [0, 0.1) is 6.92 Å². The van der Waals surface area contributed by atoms with Crippen LogP contribution < -0.4 is 15.0 Å². The van der Waals surface area contributed by atoms with Crippen LogP contribution in [0.3, 0.4) is 0 Å². The molecule has 0 saturated heterocycles. The molecule has 0 aliphatic carbocycles. The van der Waals surface area contributed by atoms with Crippen molar-refractivity contribution in [1.29, 1.82) is 0 Å². The Hall–Kier alpha value is -3.89. The van der Waals surface area contributed by atoms with Crippen LogP contribution >= 0.6 is 34.8 Å². The zero-order chi connectivity index (χ0) is 30.4. The number of nitrogens with zero attached hydrogens (tertiary/aromatic N) is 2. The van der Waals surface area contributed by atoms with Gasteiger partial charge >= 0.3 is 0 Å². The topological polar surface area (TPSA) is 108 Å². The van der Waals surface area contributed by atoms with E-state index in [2.05, 4.69) is 15.8 Å². The highest BCUT2D eigenvalue weighted by molar-refractivity contribution is 7.92. The highest BCUT2D eigenvalue weighted by Gasteiger charge is 2.28. The second-order valence-electron chi connectivity index (χ2n) is 9.23. The van der Waals surface area contributed by atoms with Crippen LogP contribution in [0.15, 0.2) is 101 Å². The number of rotatable bonds is 9. The van der Waals surface area contributed by atoms with Crippen LogP contribution in [0.5, 0.6) is 0 Å². The Morgan fingerprint density at radius 1 is 0.810 bits per heavy atom. The third-order valence-electron chi connectivity index (χ3n) is 6.00. The molecule has 216 valence electrons. The normalized spacial score (nSPS) is 11.6. The summed E-state index contributed by atoms with van der Waals surface area (Å²) in [6.45, 7) is 2.90. The largest absolute Gasteiger partial charge is 0.322 e. The number of amides is 2. The molecule has 4 rings (SSSR count). The summed E-state index contributed by atoms with van der Waals surface area (Å²) >= 11 is 18.3. The van der Waals surface area contributed by atoms with Crippen molar-refractivity contribution < 1.29 is 18.0 Å². The average Bonchev–Trinajstić information content (AvgIpc) is 2.94. The fourth-order valence-corrected chi connectivity index (χ4v) is 5.98. The highest BCUT2D eigenvalue weighted by Crippen LogP contribution is 2.29. The summed E-state index contributed by atoms with van der Waals surface area (Å²) < 4.78 is 28.1. The SMILES string of the molecule is C/C(=N/NC(=O)CN(c1cc(Cl)cc(Cl)c1)S(=O)(=O)c1ccc(C)cc1)c1cccc(NC(=O)c2cccc(Cl)c2)c1. The molecule has 0 aliphatic rings. The van der Waals surface area contributed by atoms with Crippen LogP contribution in [0.1, 0.15) is 28.4 Å². The van der Waals surface area contributed by atoms with E-state index < -0.39 is 22.5 Å². The van der Waals surface area contributed by atoms with Crippen LogP contribution in [0.25, 0.3) is 0 Å². The lowest BCUT2D eigenvalue weighted by Crippen LogP contribution is -2.39. The minimum Gasteiger partial charge on any atom is -0.322 e. The summed E-state index contributed by atoms with van der Waals surface area (Å²) in [6, 6.07) is 24.0. The Balaban J connectivity index is 1.53. The summed E-state index contributed by atoms with van der Waals surface area (Å²) in [7, 11) is -4.17. The maximum absolute atomic E-state index is 13.6. The van der Waals surface area contributed by atoms with Crippen molar-refractivity contribution in [2.24, 2.45) is 5.10 Å². The van der Waals surface area contributed by atoms with Gasteiger partial charge in [0, 0.05) is 26.3 Å². The molecule has 4 aromatic rings. The molecule has 2 amide bonds. The van der Waals surface area contributed by atoms with Crippen molar-refractivity contribution in [3.8, 4) is 0 Å². The number of hydrazone groups is 1. The molecular weight excluding hydrogens is 619 g/mol. The van der Waals surface area contributed by atoms with E-state index in [4.69, 9.17) is 34.8 Å². The summed E-state index contributed by atoms with van der Waals surface area (Å²) in [5.74, 6) is -1.04. The molecule has 42 heavy (non-hydrogen) atoms. The smallest absolute Gasteiger partial charge is 0.264 e. The van der Waals surface area contributed by atoms with Crippen LogP contribution in [-0.4, -0.2) is 32.5 Å². The minimum absolute atomic E-state index is 0.00619. The fraction of sp³-hybridized carbons (Fsp3) is 0.100. The zero-order valence-electron chi connectivity index (χ0n) is 22.4. The molecule has 0 atom stereocenters. The van der Waals surface area contributed by atoms with Gasteiger partial charge in [-0.1, -0.05) is 70.7 Å². The molecule has 0 radical (unpaired) electrons. The molecule has 0 heterocycles. The van der Waals surface area contributed by atoms with Gasteiger partial charge < -0.3 is 5.32 Å². The summed E-state index contributed by atoms with van der Waals surface area (Å²) in [5, 5.41) is 7.80. The molecule has 0 spiro atoms. The molecule has 0 fully saturated rings. The number of sulfonamides is 1. The predicted octanol–water partition coefficient (Wildman–Crippen LogP) is 6.94. The minimum atomic E-state index is -4.17. The van der Waals surface area contributed by atoms with E-state index in [1.54, 1.807) is 67.6 Å². The number of hydrogen-bond donors (Lipinski definition) is 2. The van der Waals surface area contributed by atoms with Crippen LogP contribution in [0.4, 0.5) is 11.4 Å². The molecule has 4 aromatic carbocycles. The first-order valence-electron chi connectivity index (χ1n) is 12.5. The summed E-state index contributed by atoms with van der Waals surface area (Å²) in [4.78, 5) is 25.6. The van der Waals surface area contributed by atoms with Crippen molar-refractivity contribution in [3.05, 3.63) is 123 Å². The van der Waals surface area contributed by atoms with Gasteiger partial charge in [0.15, 0.2) is 0 Å². The van der Waals surface area contributed by atoms with Gasteiger partial charge in [0.25, 0.3) is 21.8 Å². The van der Waals surface area contributed by atoms with Gasteiger partial charge in [0.1, 0.15) is 6.54 Å². The second-order valence-corrected chi connectivity index (χ2v) is 12.4. The summed E-state index contributed by atoms with van der Waals surface area (Å²) in [5.41, 5.74) is 5.34. The van der Waals surface area contributed by atoms with E-state index in [0.29, 0.717) is 27.5 Å². The van der Waals surface area contributed by atoms with Crippen molar-refractivity contribution in [2.45, 2.75) is 18.7 Å². The number of nitrogens with one attached hydrogen (secondary N) is 2. The number of benzene rings is 4. The van der Waals surface area contributed by atoms with Crippen molar-refractivity contribution in [3.63, 3.8) is 0 Å². The molecule has 2 N–H and O–H groups in total. The molecule has 0 bridgehead atoms. The number of carbonyl (C=O) groups is 2. The first-order valence-corrected chi connectivity index (χ1v) is 15.1. The molecule has 0 saturated carbocycles. The Kier molecular flexibility index (Phi) is 9.90. The Bertz CT molecular complexity index is 1760. The monoisotopic (exact) mass is 642 g/mol. The van der Waals surface area contributed by atoms with Gasteiger partial charge in [-0.2, -0.15) is 5.10 Å². The second kappa shape index (κ2) is 13.4. The third kappa shape index (κ3) is 7.89. The number of hydrogen-bond acceptors (Lipinski definition) is 5. The molecule has 0 aromatic heterocycles. The summed E-state index contributed by atoms with van der Waals surface area (Å²) in [6.07, 6.45) is 0. The first kappa shape index (κ1) is 31.1. The van der Waals surface area contributed by atoms with Gasteiger partial charge in [-0.15, -0.1) is 0 Å². The van der Waals surface area contributed by atoms with E-state index in [9.17, 15) is 18.0 Å². The van der Waals surface area contributed by atoms with Gasteiger partial charge in [-0.05, 0) is 80.1 Å². The Morgan fingerprint density at radius 2 is 1.45 bits per heavy atom. The van der Waals surface area contributed by atoms with E-state index >= 15 is 0 Å². The van der Waals surface area contributed by atoms with Crippen LogP contribution in [0.2, 0.25) is 15.1 Å². The molecule has 0 unspecified atom stereocenters. The Morgan fingerprint density at radius 3 is 2.12 bits per heavy atom. The van der Waals surface area contributed by atoms with E-state index in [1.807, 2.05) is 6.92 Å². The average molecular weight is 644 g/mol. The number of anilines is 2. The fourth-order valence-electron chi connectivity index (χ4n) is 3.87. The predicted molar refractivity (Wildman–Crippen MR) is 168 cm³/mol. The lowest BCUT2D eigenvalue weighted by atomic mass is 10.1. The van der Waals surface area contributed by atoms with E-state index in [0.717, 1.165) is 9.87 Å². The van der Waals surface area contributed by atoms with E-state index in [-0.39, 0.29) is 26.5 Å². The number of halogens is 3. The first-order chi connectivity index (χ1) is 19.9. The molecule has 0 aliphatic heterocycles. The molecular formula is C30H25Cl3N4O4S. The van der Waals surface area contributed by atoms with Gasteiger partial charge in [0.2, 0.25) is 0 Å². The van der Waals surface area contributed by atoms with Crippen molar-refractivity contribution >= 4 is 73.7 Å². The zero-order valence-corrected chi connectivity index (χ0v) is 25.5. The maximum atomic E-state index is 13.6. The van der Waals surface area contributed by atoms with Gasteiger partial charge in [-0.25, -0.2) is 13.8 Å². The number of aryl methyl sites for hydroxylation is 1. The maximum Gasteiger partial charge on any atom is 0.264 e. The van der Waals surface area contributed by atoms with Crippen LogP contribution in [-0.2, 0) is 14.8 Å². The van der Waals surface area contributed by atoms with E-state index in [1.165, 1.54) is 30.3 Å². The van der Waals surface area contributed by atoms with Crippen molar-refractivity contribution in [1.82, 2.24) is 5.43 Å². The highest BCUT2D eigenvalue weighted by atomic mass is 35.5.